The third-order valence-electron chi connectivity index (χ3n) is 3.79. The summed E-state index contributed by atoms with van der Waals surface area (Å²) in [6.45, 7) is 1.73. The monoisotopic (exact) mass is 269 g/mol. The zero-order chi connectivity index (χ0) is 13.8. The maximum atomic E-state index is 11.9. The van der Waals surface area contributed by atoms with Gasteiger partial charge in [-0.3, -0.25) is 14.3 Å². The van der Waals surface area contributed by atoms with E-state index in [-0.39, 0.29) is 6.61 Å². The Hall–Kier alpha value is -1.48. The second-order valence-electron chi connectivity index (χ2n) is 5.03. The van der Waals surface area contributed by atoms with Crippen LogP contribution < -0.4 is 16.6 Å². The summed E-state index contributed by atoms with van der Waals surface area (Å²) in [7, 11) is 0. The van der Waals surface area contributed by atoms with Crippen molar-refractivity contribution in [3.63, 3.8) is 0 Å². The molecule has 104 valence electrons. The second-order valence-corrected chi connectivity index (χ2v) is 5.03. The lowest BCUT2D eigenvalue weighted by Crippen LogP contribution is -2.42. The fraction of sp³-hybridized carbons (Fsp3) is 0.636. The Bertz CT molecular complexity index is 617. The third kappa shape index (κ3) is 1.68. The molecule has 0 bridgehead atoms. The van der Waals surface area contributed by atoms with Gasteiger partial charge in [-0.15, -0.1) is 0 Å². The summed E-state index contributed by atoms with van der Waals surface area (Å²) in [4.78, 5) is 25.4. The van der Waals surface area contributed by atoms with Gasteiger partial charge in [0, 0.05) is 18.3 Å². The summed E-state index contributed by atoms with van der Waals surface area (Å²) in [6, 6.07) is 0. The van der Waals surface area contributed by atoms with Crippen LogP contribution in [0.4, 0.5) is 0 Å². The first-order valence-corrected chi connectivity index (χ1v) is 6.01. The van der Waals surface area contributed by atoms with Crippen molar-refractivity contribution < 1.29 is 14.9 Å². The van der Waals surface area contributed by atoms with E-state index in [0.29, 0.717) is 12.1 Å². The van der Waals surface area contributed by atoms with Gasteiger partial charge in [0.1, 0.15) is 17.7 Å². The molecule has 2 fully saturated rings. The molecule has 0 radical (unpaired) electrons. The molecular formula is C11H15N3O5. The van der Waals surface area contributed by atoms with E-state index >= 15 is 0 Å². The Morgan fingerprint density at radius 3 is 2.84 bits per heavy atom. The van der Waals surface area contributed by atoms with Crippen molar-refractivity contribution in [1.29, 1.82) is 0 Å². The summed E-state index contributed by atoms with van der Waals surface area (Å²) < 4.78 is 6.79. The number of H-pyrrole nitrogens is 1. The lowest BCUT2D eigenvalue weighted by molar-refractivity contribution is -0.0471. The number of aryl methyl sites for hydroxylation is 1. The minimum absolute atomic E-state index is 0.335. The van der Waals surface area contributed by atoms with Crippen LogP contribution in [0, 0.1) is 6.92 Å². The van der Waals surface area contributed by atoms with Crippen LogP contribution in [0.1, 0.15) is 11.8 Å². The van der Waals surface area contributed by atoms with Crippen LogP contribution in [0.25, 0.3) is 0 Å². The Balaban J connectivity index is 2.06. The zero-order valence-corrected chi connectivity index (χ0v) is 10.3. The van der Waals surface area contributed by atoms with Gasteiger partial charge in [0.2, 0.25) is 0 Å². The fourth-order valence-electron chi connectivity index (χ4n) is 2.54. The molecule has 3 heterocycles. The van der Waals surface area contributed by atoms with Gasteiger partial charge in [0.05, 0.1) is 6.61 Å². The summed E-state index contributed by atoms with van der Waals surface area (Å²) in [5, 5.41) is 22.3. The Morgan fingerprint density at radius 1 is 1.58 bits per heavy atom. The Kier molecular flexibility index (Phi) is 2.65. The summed E-state index contributed by atoms with van der Waals surface area (Å²) in [5.41, 5.74) is -1.43. The Morgan fingerprint density at radius 2 is 2.26 bits per heavy atom. The summed E-state index contributed by atoms with van der Waals surface area (Å²) >= 11 is 0. The van der Waals surface area contributed by atoms with Crippen LogP contribution in [-0.4, -0.2) is 50.7 Å². The topological polar surface area (TPSA) is 126 Å². The zero-order valence-electron chi connectivity index (χ0n) is 10.3. The van der Waals surface area contributed by atoms with Crippen LogP contribution in [-0.2, 0) is 4.74 Å². The highest BCUT2D eigenvalue weighted by molar-refractivity contribution is 5.19. The number of rotatable bonds is 2. The Labute approximate surface area is 107 Å². The number of aromatic amines is 1. The number of hydrogen-bond acceptors (Lipinski definition) is 6. The van der Waals surface area contributed by atoms with Crippen molar-refractivity contribution >= 4 is 0 Å². The quantitative estimate of drug-likeness (QED) is 0.437. The van der Waals surface area contributed by atoms with Crippen molar-refractivity contribution in [1.82, 2.24) is 14.9 Å². The molecule has 19 heavy (non-hydrogen) atoms. The highest BCUT2D eigenvalue weighted by atomic mass is 16.5. The van der Waals surface area contributed by atoms with Gasteiger partial charge >= 0.3 is 5.69 Å². The highest BCUT2D eigenvalue weighted by Crippen LogP contribution is 2.43. The number of nitrogens with one attached hydrogen (secondary N) is 2. The smallest absolute Gasteiger partial charge is 0.330 e. The number of nitrogens with zero attached hydrogens (tertiary/aromatic N) is 1. The largest absolute Gasteiger partial charge is 0.394 e. The summed E-state index contributed by atoms with van der Waals surface area (Å²) in [5.74, 6) is 0. The molecule has 4 atom stereocenters. The van der Waals surface area contributed by atoms with Crippen LogP contribution in [0.15, 0.2) is 15.8 Å². The van der Waals surface area contributed by atoms with Gasteiger partial charge in [0.15, 0.2) is 6.23 Å². The van der Waals surface area contributed by atoms with E-state index in [1.54, 1.807) is 6.92 Å². The molecular weight excluding hydrogens is 254 g/mol. The average Bonchev–Trinajstić information content (AvgIpc) is 3.11. The maximum absolute atomic E-state index is 11.9. The molecule has 2 aliphatic rings. The van der Waals surface area contributed by atoms with E-state index in [2.05, 4.69) is 10.3 Å². The molecule has 8 nitrogen and oxygen atoms in total. The van der Waals surface area contributed by atoms with Crippen molar-refractivity contribution in [3.05, 3.63) is 32.6 Å². The summed E-state index contributed by atoms with van der Waals surface area (Å²) in [6.07, 6.45) is -0.997. The maximum Gasteiger partial charge on any atom is 0.330 e. The number of aliphatic hydroxyl groups is 2. The van der Waals surface area contributed by atoms with E-state index in [4.69, 9.17) is 4.74 Å². The van der Waals surface area contributed by atoms with Gasteiger partial charge in [-0.1, -0.05) is 0 Å². The minimum Gasteiger partial charge on any atom is -0.394 e. The van der Waals surface area contributed by atoms with Gasteiger partial charge < -0.3 is 20.3 Å². The molecule has 0 aromatic carbocycles. The minimum atomic E-state index is -0.901. The third-order valence-corrected chi connectivity index (χ3v) is 3.79. The molecule has 0 aliphatic carbocycles. The molecule has 3 rings (SSSR count). The number of hydrogen-bond donors (Lipinski definition) is 4. The second kappa shape index (κ2) is 4.01. The van der Waals surface area contributed by atoms with Crippen molar-refractivity contribution in [2.45, 2.75) is 30.9 Å². The van der Waals surface area contributed by atoms with E-state index < -0.39 is 35.2 Å². The van der Waals surface area contributed by atoms with Gasteiger partial charge in [0.25, 0.3) is 5.56 Å². The molecule has 1 aromatic heterocycles. The average molecular weight is 269 g/mol. The SMILES string of the molecule is Cc1cn(C2O[C@H](CO)C(O)[C@@]23CN3)c(=O)[nH]c1=O. The normalized spacial score (nSPS) is 36.9. The first-order chi connectivity index (χ1) is 8.99. The van der Waals surface area contributed by atoms with Crippen molar-refractivity contribution in [3.8, 4) is 0 Å². The van der Waals surface area contributed by atoms with Crippen LogP contribution in [0.5, 0.6) is 0 Å². The standard InChI is InChI=1S/C11H15N3O5/c1-5-2-14(10(18)13-8(5)17)9-11(4-12-11)7(16)6(3-15)19-9/h2,6-7,9,12,15-16H,3-4H2,1H3,(H,13,17,18)/t6-,7?,9?,11+/m1/s1. The van der Waals surface area contributed by atoms with Gasteiger partial charge in [-0.25, -0.2) is 4.79 Å². The lowest BCUT2D eigenvalue weighted by Gasteiger charge is -2.19. The highest BCUT2D eigenvalue weighted by Gasteiger charge is 2.64. The van der Waals surface area contributed by atoms with Gasteiger partial charge in [-0.2, -0.15) is 0 Å². The van der Waals surface area contributed by atoms with Crippen LogP contribution in [0.2, 0.25) is 0 Å². The van der Waals surface area contributed by atoms with Crippen LogP contribution >= 0.6 is 0 Å². The molecule has 8 heteroatoms. The fourth-order valence-corrected chi connectivity index (χ4v) is 2.54. The molecule has 0 amide bonds. The van der Waals surface area contributed by atoms with E-state index in [1.165, 1.54) is 10.8 Å². The van der Waals surface area contributed by atoms with Crippen LogP contribution in [0.3, 0.4) is 0 Å². The van der Waals surface area contributed by atoms with Gasteiger partial charge in [-0.05, 0) is 6.92 Å². The number of aliphatic hydroxyl groups excluding tert-OH is 2. The van der Waals surface area contributed by atoms with Crippen molar-refractivity contribution in [2.24, 2.45) is 0 Å². The van der Waals surface area contributed by atoms with E-state index in [9.17, 15) is 19.8 Å². The first-order valence-electron chi connectivity index (χ1n) is 6.01. The number of ether oxygens (including phenoxy) is 1. The van der Waals surface area contributed by atoms with Crippen molar-refractivity contribution in [2.75, 3.05) is 13.2 Å². The molecule has 2 unspecified atom stereocenters. The molecule has 1 aromatic rings. The molecule has 1 spiro atoms. The predicted octanol–water partition coefficient (Wildman–Crippen LogP) is -2.56. The first kappa shape index (κ1) is 12.5. The molecule has 0 saturated carbocycles. The lowest BCUT2D eigenvalue weighted by atomic mass is 10.00. The van der Waals surface area contributed by atoms with E-state index in [0.717, 1.165) is 0 Å². The van der Waals surface area contributed by atoms with E-state index in [1.807, 2.05) is 0 Å². The predicted molar refractivity (Wildman–Crippen MR) is 63.8 cm³/mol. The molecule has 4 N–H and O–H groups in total. The number of aromatic nitrogens is 2. The molecule has 2 aliphatic heterocycles. The molecule has 2 saturated heterocycles.